The van der Waals surface area contributed by atoms with Crippen LogP contribution in [0.3, 0.4) is 0 Å². The molecule has 0 aliphatic carbocycles. The van der Waals surface area contributed by atoms with Gasteiger partial charge in [0, 0.05) is 15.9 Å². The standard InChI is InChI=1S/C17H12Cl2N2O2/c18-10-5-6-12-11(9-10)15(19)16(20-12)17(22)21-7-8-23-14-4-2-1-3-13(14)21/h1-6,9,20H,7-8H2. The first-order valence-corrected chi connectivity index (χ1v) is 7.91. The molecular formula is C17H12Cl2N2O2. The Morgan fingerprint density at radius 1 is 1.17 bits per heavy atom. The number of halogens is 2. The van der Waals surface area contributed by atoms with Crippen molar-refractivity contribution in [2.45, 2.75) is 0 Å². The van der Waals surface area contributed by atoms with Crippen LogP contribution in [0.15, 0.2) is 42.5 Å². The molecule has 0 bridgehead atoms. The summed E-state index contributed by atoms with van der Waals surface area (Å²) in [6.45, 7) is 0.925. The first kappa shape index (κ1) is 14.4. The molecule has 1 amide bonds. The van der Waals surface area contributed by atoms with E-state index in [9.17, 15) is 4.79 Å². The highest BCUT2D eigenvalue weighted by Crippen LogP contribution is 2.35. The van der Waals surface area contributed by atoms with Crippen molar-refractivity contribution in [3.63, 3.8) is 0 Å². The highest BCUT2D eigenvalue weighted by atomic mass is 35.5. The molecule has 0 saturated carbocycles. The molecular weight excluding hydrogens is 335 g/mol. The lowest BCUT2D eigenvalue weighted by Crippen LogP contribution is -2.38. The van der Waals surface area contributed by atoms with Crippen molar-refractivity contribution in [3.8, 4) is 5.75 Å². The van der Waals surface area contributed by atoms with Crippen LogP contribution in [0, 0.1) is 0 Å². The summed E-state index contributed by atoms with van der Waals surface area (Å²) in [6, 6.07) is 12.8. The number of H-pyrrole nitrogens is 1. The van der Waals surface area contributed by atoms with E-state index in [2.05, 4.69) is 4.98 Å². The molecule has 4 rings (SSSR count). The zero-order valence-corrected chi connectivity index (χ0v) is 13.5. The van der Waals surface area contributed by atoms with Crippen molar-refractivity contribution in [1.29, 1.82) is 0 Å². The predicted molar refractivity (Wildman–Crippen MR) is 91.9 cm³/mol. The van der Waals surface area contributed by atoms with Crippen LogP contribution in [0.2, 0.25) is 10.0 Å². The predicted octanol–water partition coefficient (Wildman–Crippen LogP) is 4.51. The summed E-state index contributed by atoms with van der Waals surface area (Å²) in [6.07, 6.45) is 0. The van der Waals surface area contributed by atoms with Gasteiger partial charge in [-0.05, 0) is 30.3 Å². The molecule has 2 aromatic carbocycles. The van der Waals surface area contributed by atoms with Crippen LogP contribution in [0.1, 0.15) is 10.5 Å². The maximum Gasteiger partial charge on any atom is 0.276 e. The van der Waals surface area contributed by atoms with Gasteiger partial charge in [-0.2, -0.15) is 0 Å². The number of nitrogens with zero attached hydrogens (tertiary/aromatic N) is 1. The van der Waals surface area contributed by atoms with Gasteiger partial charge in [-0.25, -0.2) is 0 Å². The molecule has 0 saturated heterocycles. The topological polar surface area (TPSA) is 45.3 Å². The summed E-state index contributed by atoms with van der Waals surface area (Å²) in [5, 5.41) is 1.70. The van der Waals surface area contributed by atoms with Gasteiger partial charge < -0.3 is 14.6 Å². The van der Waals surface area contributed by atoms with E-state index in [0.717, 1.165) is 16.6 Å². The first-order valence-electron chi connectivity index (χ1n) is 7.15. The van der Waals surface area contributed by atoms with Gasteiger partial charge >= 0.3 is 0 Å². The Balaban J connectivity index is 1.80. The van der Waals surface area contributed by atoms with E-state index in [1.165, 1.54) is 0 Å². The largest absolute Gasteiger partial charge is 0.490 e. The maximum atomic E-state index is 13.0. The Morgan fingerprint density at radius 2 is 2.00 bits per heavy atom. The zero-order valence-electron chi connectivity index (χ0n) is 12.0. The average Bonchev–Trinajstić information content (AvgIpc) is 2.90. The highest BCUT2D eigenvalue weighted by molar-refractivity contribution is 6.40. The molecule has 0 spiro atoms. The van der Waals surface area contributed by atoms with Crippen LogP contribution >= 0.6 is 23.2 Å². The normalized spacial score (nSPS) is 13.7. The molecule has 1 aromatic heterocycles. The van der Waals surface area contributed by atoms with Crippen molar-refractivity contribution in [1.82, 2.24) is 4.98 Å². The number of aromatic nitrogens is 1. The third-order valence-electron chi connectivity index (χ3n) is 3.88. The number of para-hydroxylation sites is 2. The highest BCUT2D eigenvalue weighted by Gasteiger charge is 2.27. The summed E-state index contributed by atoms with van der Waals surface area (Å²) in [5.41, 5.74) is 1.89. The van der Waals surface area contributed by atoms with E-state index in [1.807, 2.05) is 30.3 Å². The second-order valence-corrected chi connectivity index (χ2v) is 6.09. The molecule has 116 valence electrons. The van der Waals surface area contributed by atoms with Gasteiger partial charge in [0.2, 0.25) is 0 Å². The zero-order chi connectivity index (χ0) is 16.0. The van der Waals surface area contributed by atoms with Crippen LogP contribution in [0.5, 0.6) is 5.75 Å². The second-order valence-electron chi connectivity index (χ2n) is 5.28. The fraction of sp³-hybridized carbons (Fsp3) is 0.118. The Morgan fingerprint density at radius 3 is 2.87 bits per heavy atom. The summed E-state index contributed by atoms with van der Waals surface area (Å²) in [7, 11) is 0. The van der Waals surface area contributed by atoms with E-state index >= 15 is 0 Å². The minimum Gasteiger partial charge on any atom is -0.490 e. The number of amides is 1. The van der Waals surface area contributed by atoms with Crippen LogP contribution in [-0.2, 0) is 0 Å². The minimum absolute atomic E-state index is 0.182. The summed E-state index contributed by atoms with van der Waals surface area (Å²) in [5.74, 6) is 0.514. The molecule has 0 unspecified atom stereocenters. The van der Waals surface area contributed by atoms with Gasteiger partial charge in [-0.15, -0.1) is 0 Å². The average molecular weight is 347 g/mol. The molecule has 1 aliphatic rings. The van der Waals surface area contributed by atoms with Crippen LogP contribution in [0.25, 0.3) is 10.9 Å². The molecule has 6 heteroatoms. The third kappa shape index (κ3) is 2.35. The number of ether oxygens (including phenoxy) is 1. The fourth-order valence-corrected chi connectivity index (χ4v) is 3.25. The van der Waals surface area contributed by atoms with E-state index in [4.69, 9.17) is 27.9 Å². The van der Waals surface area contributed by atoms with E-state index in [-0.39, 0.29) is 5.91 Å². The van der Waals surface area contributed by atoms with Crippen molar-refractivity contribution < 1.29 is 9.53 Å². The van der Waals surface area contributed by atoms with Crippen molar-refractivity contribution in [3.05, 3.63) is 58.2 Å². The van der Waals surface area contributed by atoms with Gasteiger partial charge in [-0.1, -0.05) is 35.3 Å². The number of hydrogen-bond donors (Lipinski definition) is 1. The van der Waals surface area contributed by atoms with Crippen molar-refractivity contribution in [2.24, 2.45) is 0 Å². The van der Waals surface area contributed by atoms with Gasteiger partial charge in [0.25, 0.3) is 5.91 Å². The van der Waals surface area contributed by atoms with Gasteiger partial charge in [0.1, 0.15) is 18.1 Å². The lowest BCUT2D eigenvalue weighted by Gasteiger charge is -2.29. The lowest BCUT2D eigenvalue weighted by molar-refractivity contribution is 0.0973. The molecule has 0 atom stereocenters. The number of anilines is 1. The molecule has 23 heavy (non-hydrogen) atoms. The summed E-state index contributed by atoms with van der Waals surface area (Å²) < 4.78 is 5.59. The molecule has 4 nitrogen and oxygen atoms in total. The lowest BCUT2D eigenvalue weighted by atomic mass is 10.2. The Bertz CT molecular complexity index is 920. The number of carbonyl (C=O) groups is 1. The third-order valence-corrected chi connectivity index (χ3v) is 4.51. The Kier molecular flexibility index (Phi) is 3.43. The molecule has 0 radical (unpaired) electrons. The van der Waals surface area contributed by atoms with Gasteiger partial charge in [0.05, 0.1) is 17.3 Å². The molecule has 2 heterocycles. The number of aromatic amines is 1. The van der Waals surface area contributed by atoms with Gasteiger partial charge in [0.15, 0.2) is 0 Å². The van der Waals surface area contributed by atoms with Crippen LogP contribution in [-0.4, -0.2) is 24.0 Å². The quantitative estimate of drug-likeness (QED) is 0.704. The number of nitrogens with one attached hydrogen (secondary N) is 1. The Hall–Kier alpha value is -2.17. The van der Waals surface area contributed by atoms with E-state index in [0.29, 0.717) is 34.6 Å². The van der Waals surface area contributed by atoms with Crippen LogP contribution in [0.4, 0.5) is 5.69 Å². The number of hydrogen-bond acceptors (Lipinski definition) is 2. The Labute approximate surface area is 142 Å². The van der Waals surface area contributed by atoms with E-state index < -0.39 is 0 Å². The monoisotopic (exact) mass is 346 g/mol. The second kappa shape index (κ2) is 5.48. The number of fused-ring (bicyclic) bond motifs is 2. The SMILES string of the molecule is O=C(c1[nH]c2ccc(Cl)cc2c1Cl)N1CCOc2ccccc21. The smallest absolute Gasteiger partial charge is 0.276 e. The minimum atomic E-state index is -0.182. The summed E-state index contributed by atoms with van der Waals surface area (Å²) in [4.78, 5) is 17.7. The van der Waals surface area contributed by atoms with Crippen LogP contribution < -0.4 is 9.64 Å². The first-order chi connectivity index (χ1) is 11.1. The molecule has 0 fully saturated rings. The molecule has 3 aromatic rings. The number of rotatable bonds is 1. The number of carbonyl (C=O) groups excluding carboxylic acids is 1. The fourth-order valence-electron chi connectivity index (χ4n) is 2.79. The summed E-state index contributed by atoms with van der Waals surface area (Å²) >= 11 is 12.4. The van der Waals surface area contributed by atoms with Crippen molar-refractivity contribution in [2.75, 3.05) is 18.1 Å². The molecule has 1 N–H and O–H groups in total. The maximum absolute atomic E-state index is 13.0. The van der Waals surface area contributed by atoms with E-state index in [1.54, 1.807) is 17.0 Å². The number of benzene rings is 2. The van der Waals surface area contributed by atoms with Crippen molar-refractivity contribution >= 4 is 45.7 Å². The molecule has 1 aliphatic heterocycles. The van der Waals surface area contributed by atoms with Gasteiger partial charge in [-0.3, -0.25) is 4.79 Å².